The molecule has 0 aliphatic carbocycles. The topological polar surface area (TPSA) is 45.7 Å². The Bertz CT molecular complexity index is 588. The van der Waals surface area contributed by atoms with Crippen molar-refractivity contribution in [1.29, 1.82) is 0 Å². The maximum absolute atomic E-state index is 13.2. The molecule has 1 atom stereocenters. The number of amides is 1. The molecule has 0 bridgehead atoms. The zero-order valence-corrected chi connectivity index (χ0v) is 15.0. The maximum atomic E-state index is 13.2. The number of carbonyl (C=O) groups excluding carboxylic acids is 1. The van der Waals surface area contributed by atoms with Crippen molar-refractivity contribution >= 4 is 5.91 Å². The molecule has 4 heterocycles. The van der Waals surface area contributed by atoms with Crippen molar-refractivity contribution in [3.05, 3.63) is 30.1 Å². The van der Waals surface area contributed by atoms with E-state index in [0.29, 0.717) is 12.5 Å². The fourth-order valence-corrected chi connectivity index (χ4v) is 4.81. The van der Waals surface area contributed by atoms with Gasteiger partial charge in [-0.1, -0.05) is 6.07 Å². The van der Waals surface area contributed by atoms with Gasteiger partial charge in [-0.3, -0.25) is 9.78 Å². The van der Waals surface area contributed by atoms with Gasteiger partial charge in [0, 0.05) is 51.8 Å². The number of carbonyl (C=O) groups is 1. The summed E-state index contributed by atoms with van der Waals surface area (Å²) in [6.45, 7) is 6.64. The van der Waals surface area contributed by atoms with E-state index in [1.165, 1.54) is 12.8 Å². The molecule has 0 unspecified atom stereocenters. The molecular formula is C20H29N3O2. The van der Waals surface area contributed by atoms with Crippen molar-refractivity contribution in [2.45, 2.75) is 38.6 Å². The van der Waals surface area contributed by atoms with Gasteiger partial charge in [0.15, 0.2) is 0 Å². The number of nitrogens with zero attached hydrogens (tertiary/aromatic N) is 3. The normalized spacial score (nSPS) is 28.8. The lowest BCUT2D eigenvalue weighted by molar-refractivity contribution is -0.139. The Morgan fingerprint density at radius 1 is 1.24 bits per heavy atom. The summed E-state index contributed by atoms with van der Waals surface area (Å²) in [5, 5.41) is 0. The van der Waals surface area contributed by atoms with E-state index in [9.17, 15) is 4.79 Å². The van der Waals surface area contributed by atoms with Gasteiger partial charge in [-0.25, -0.2) is 0 Å². The van der Waals surface area contributed by atoms with Gasteiger partial charge in [0.05, 0.1) is 5.41 Å². The van der Waals surface area contributed by atoms with Gasteiger partial charge in [-0.05, 0) is 56.2 Å². The van der Waals surface area contributed by atoms with Crippen LogP contribution in [0.25, 0.3) is 0 Å². The lowest BCUT2D eigenvalue weighted by Crippen LogP contribution is -2.49. The molecule has 1 aromatic heterocycles. The summed E-state index contributed by atoms with van der Waals surface area (Å²) in [7, 11) is 0. The molecular weight excluding hydrogens is 314 g/mol. The number of pyridine rings is 1. The van der Waals surface area contributed by atoms with Gasteiger partial charge in [0.2, 0.25) is 5.91 Å². The Morgan fingerprint density at radius 3 is 2.92 bits per heavy atom. The highest BCUT2D eigenvalue weighted by atomic mass is 16.5. The van der Waals surface area contributed by atoms with Gasteiger partial charge in [0.1, 0.15) is 0 Å². The number of piperidine rings is 1. The molecule has 1 spiro atoms. The van der Waals surface area contributed by atoms with Crippen LogP contribution in [0.3, 0.4) is 0 Å². The first-order valence-electron chi connectivity index (χ1n) is 9.74. The fraction of sp³-hybridized carbons (Fsp3) is 0.700. The second-order valence-corrected chi connectivity index (χ2v) is 8.01. The molecule has 3 aliphatic rings. The van der Waals surface area contributed by atoms with Crippen LogP contribution in [-0.2, 0) is 16.1 Å². The van der Waals surface area contributed by atoms with E-state index < -0.39 is 0 Å². The van der Waals surface area contributed by atoms with E-state index in [1.807, 2.05) is 12.3 Å². The quantitative estimate of drug-likeness (QED) is 0.842. The van der Waals surface area contributed by atoms with Crippen LogP contribution in [0.1, 0.15) is 37.7 Å². The Kier molecular flexibility index (Phi) is 5.04. The van der Waals surface area contributed by atoms with Crippen molar-refractivity contribution in [3.63, 3.8) is 0 Å². The van der Waals surface area contributed by atoms with E-state index in [2.05, 4.69) is 20.9 Å². The number of ether oxygens (including phenoxy) is 1. The summed E-state index contributed by atoms with van der Waals surface area (Å²) < 4.78 is 5.49. The Hall–Kier alpha value is -1.46. The average Bonchev–Trinajstić information content (AvgIpc) is 2.93. The smallest absolute Gasteiger partial charge is 0.230 e. The minimum atomic E-state index is -0.133. The van der Waals surface area contributed by atoms with Crippen molar-refractivity contribution < 1.29 is 9.53 Å². The molecule has 0 saturated carbocycles. The molecule has 3 fully saturated rings. The molecule has 1 aromatic rings. The number of hydrogen-bond donors (Lipinski definition) is 0. The third-order valence-electron chi connectivity index (χ3n) is 6.21. The molecule has 0 N–H and O–H groups in total. The molecule has 1 amide bonds. The first-order valence-corrected chi connectivity index (χ1v) is 9.74. The number of rotatable bonds is 4. The van der Waals surface area contributed by atoms with Gasteiger partial charge >= 0.3 is 0 Å². The van der Waals surface area contributed by atoms with Crippen molar-refractivity contribution in [2.75, 3.05) is 39.4 Å². The van der Waals surface area contributed by atoms with Crippen LogP contribution in [-0.4, -0.2) is 60.1 Å². The van der Waals surface area contributed by atoms with Crippen LogP contribution in [0, 0.1) is 11.3 Å². The summed E-state index contributed by atoms with van der Waals surface area (Å²) >= 11 is 0. The zero-order chi connectivity index (χ0) is 17.1. The van der Waals surface area contributed by atoms with Gasteiger partial charge in [-0.2, -0.15) is 0 Å². The monoisotopic (exact) mass is 343 g/mol. The third-order valence-corrected chi connectivity index (χ3v) is 6.21. The van der Waals surface area contributed by atoms with Crippen LogP contribution < -0.4 is 0 Å². The lowest BCUT2D eigenvalue weighted by atomic mass is 9.78. The third kappa shape index (κ3) is 3.72. The lowest BCUT2D eigenvalue weighted by Gasteiger charge is -2.41. The summed E-state index contributed by atoms with van der Waals surface area (Å²) in [5.41, 5.74) is 0.994. The van der Waals surface area contributed by atoms with Gasteiger partial charge in [-0.15, -0.1) is 0 Å². The van der Waals surface area contributed by atoms with Crippen LogP contribution in [0.4, 0.5) is 0 Å². The van der Waals surface area contributed by atoms with E-state index in [4.69, 9.17) is 4.74 Å². The molecule has 136 valence electrons. The highest BCUT2D eigenvalue weighted by Gasteiger charge is 2.48. The summed E-state index contributed by atoms with van der Waals surface area (Å²) in [6, 6.07) is 4.01. The Morgan fingerprint density at radius 2 is 2.12 bits per heavy atom. The van der Waals surface area contributed by atoms with Crippen LogP contribution in [0.5, 0.6) is 0 Å². The van der Waals surface area contributed by atoms with E-state index in [1.54, 1.807) is 6.20 Å². The average molecular weight is 343 g/mol. The van der Waals surface area contributed by atoms with E-state index in [0.717, 1.165) is 70.1 Å². The molecule has 3 saturated heterocycles. The number of aromatic nitrogens is 1. The van der Waals surface area contributed by atoms with Crippen molar-refractivity contribution in [3.8, 4) is 0 Å². The maximum Gasteiger partial charge on any atom is 0.230 e. The van der Waals surface area contributed by atoms with Crippen molar-refractivity contribution in [2.24, 2.45) is 11.3 Å². The minimum absolute atomic E-state index is 0.133. The summed E-state index contributed by atoms with van der Waals surface area (Å²) in [4.78, 5) is 22.0. The Labute approximate surface area is 150 Å². The number of likely N-dealkylation sites (tertiary alicyclic amines) is 2. The molecule has 0 radical (unpaired) electrons. The molecule has 5 nitrogen and oxygen atoms in total. The van der Waals surface area contributed by atoms with Gasteiger partial charge < -0.3 is 14.5 Å². The predicted octanol–water partition coefficient (Wildman–Crippen LogP) is 2.32. The SMILES string of the molecule is O=C1N(Cc2cccnc2)CC[C@@]12CCCN(CC1CCOCC1)C2. The molecule has 25 heavy (non-hydrogen) atoms. The minimum Gasteiger partial charge on any atom is -0.381 e. The van der Waals surface area contributed by atoms with Crippen LogP contribution in [0.15, 0.2) is 24.5 Å². The summed E-state index contributed by atoms with van der Waals surface area (Å²) in [5.74, 6) is 1.11. The standard InChI is InChI=1S/C20H29N3O2/c24-19-20(7-10-23(19)15-18-3-1-8-21-13-18)6-2-9-22(16-20)14-17-4-11-25-12-5-17/h1,3,8,13,17H,2,4-7,9-12,14-16H2/t20-/m1/s1. The molecule has 4 rings (SSSR count). The highest BCUT2D eigenvalue weighted by molar-refractivity contribution is 5.85. The zero-order valence-electron chi connectivity index (χ0n) is 15.0. The van der Waals surface area contributed by atoms with Crippen molar-refractivity contribution in [1.82, 2.24) is 14.8 Å². The highest BCUT2D eigenvalue weighted by Crippen LogP contribution is 2.41. The molecule has 0 aromatic carbocycles. The predicted molar refractivity (Wildman–Crippen MR) is 95.9 cm³/mol. The first-order chi connectivity index (χ1) is 12.3. The Balaban J connectivity index is 1.38. The van der Waals surface area contributed by atoms with E-state index >= 15 is 0 Å². The fourth-order valence-electron chi connectivity index (χ4n) is 4.81. The van der Waals surface area contributed by atoms with Crippen LogP contribution in [0.2, 0.25) is 0 Å². The number of hydrogen-bond acceptors (Lipinski definition) is 4. The summed E-state index contributed by atoms with van der Waals surface area (Å²) in [6.07, 6.45) is 9.21. The second-order valence-electron chi connectivity index (χ2n) is 8.01. The first kappa shape index (κ1) is 17.0. The largest absolute Gasteiger partial charge is 0.381 e. The molecule has 5 heteroatoms. The van der Waals surface area contributed by atoms with Crippen LogP contribution >= 0.6 is 0 Å². The second kappa shape index (κ2) is 7.42. The molecule has 3 aliphatic heterocycles. The van der Waals surface area contributed by atoms with E-state index in [-0.39, 0.29) is 5.41 Å². The van der Waals surface area contributed by atoms with Gasteiger partial charge in [0.25, 0.3) is 0 Å².